The van der Waals surface area contributed by atoms with Crippen molar-refractivity contribution in [1.82, 2.24) is 0 Å². The van der Waals surface area contributed by atoms with E-state index in [2.05, 4.69) is 13.8 Å². The quantitative estimate of drug-likeness (QED) is 0.534. The van der Waals surface area contributed by atoms with Gasteiger partial charge in [0.1, 0.15) is 11.2 Å². The smallest absolute Gasteiger partial charge is 0.319 e. The van der Waals surface area contributed by atoms with E-state index < -0.39 is 5.41 Å². The highest BCUT2D eigenvalue weighted by Crippen LogP contribution is 2.59. The van der Waals surface area contributed by atoms with Crippen molar-refractivity contribution < 1.29 is 14.3 Å². The monoisotopic (exact) mass is 226 g/mol. The molecule has 0 N–H and O–H groups in total. The molecule has 0 aromatic rings. The number of hydrogen-bond acceptors (Lipinski definition) is 3. The van der Waals surface area contributed by atoms with Gasteiger partial charge in [0.25, 0.3) is 0 Å². The minimum absolute atomic E-state index is 0.0384. The van der Waals surface area contributed by atoms with E-state index in [1.165, 1.54) is 6.92 Å². The highest BCUT2D eigenvalue weighted by atomic mass is 16.5. The van der Waals surface area contributed by atoms with Crippen molar-refractivity contribution in [2.45, 2.75) is 53.4 Å². The van der Waals surface area contributed by atoms with Crippen LogP contribution in [0.1, 0.15) is 53.4 Å². The molecule has 0 heterocycles. The first-order valence-corrected chi connectivity index (χ1v) is 6.14. The number of carbonyl (C=O) groups is 2. The van der Waals surface area contributed by atoms with Crippen LogP contribution in [0.5, 0.6) is 0 Å². The van der Waals surface area contributed by atoms with Gasteiger partial charge in [-0.15, -0.1) is 0 Å². The Morgan fingerprint density at radius 1 is 1.12 bits per heavy atom. The van der Waals surface area contributed by atoms with Gasteiger partial charge in [0.2, 0.25) is 0 Å². The first-order valence-electron chi connectivity index (χ1n) is 6.14. The van der Waals surface area contributed by atoms with E-state index >= 15 is 0 Å². The highest BCUT2D eigenvalue weighted by molar-refractivity contribution is 6.04. The molecule has 0 bridgehead atoms. The predicted molar refractivity (Wildman–Crippen MR) is 62.0 cm³/mol. The molecule has 0 radical (unpaired) electrons. The molecule has 16 heavy (non-hydrogen) atoms. The third-order valence-electron chi connectivity index (χ3n) is 4.19. The zero-order valence-electron chi connectivity index (χ0n) is 10.8. The molecule has 3 nitrogen and oxygen atoms in total. The summed E-state index contributed by atoms with van der Waals surface area (Å²) < 4.78 is 5.03. The Labute approximate surface area is 97.5 Å². The van der Waals surface area contributed by atoms with Gasteiger partial charge in [-0.25, -0.2) is 0 Å². The zero-order valence-corrected chi connectivity index (χ0v) is 10.8. The van der Waals surface area contributed by atoms with Crippen LogP contribution < -0.4 is 0 Å². The molecule has 0 atom stereocenters. The first kappa shape index (κ1) is 13.2. The maximum absolute atomic E-state index is 11.9. The Bertz CT molecular complexity index is 282. The Morgan fingerprint density at radius 2 is 1.62 bits per heavy atom. The number of hydrogen-bond donors (Lipinski definition) is 0. The third-order valence-corrected chi connectivity index (χ3v) is 4.19. The molecule has 1 fully saturated rings. The lowest BCUT2D eigenvalue weighted by molar-refractivity contribution is -0.177. The number of ketones is 1. The van der Waals surface area contributed by atoms with Crippen LogP contribution in [0.2, 0.25) is 0 Å². The standard InChI is InChI=1S/C13H22O3/c1-5-12(6-2)8-13(9-12,10(4)14)11(15)16-7-3/h5-9H2,1-4H3. The fourth-order valence-electron chi connectivity index (χ4n) is 2.78. The molecule has 0 unspecified atom stereocenters. The number of carbonyl (C=O) groups excluding carboxylic acids is 2. The summed E-state index contributed by atoms with van der Waals surface area (Å²) in [6.07, 6.45) is 3.39. The van der Waals surface area contributed by atoms with Crippen molar-refractivity contribution in [3.05, 3.63) is 0 Å². The van der Waals surface area contributed by atoms with Crippen LogP contribution in [0.25, 0.3) is 0 Å². The van der Waals surface area contributed by atoms with Gasteiger partial charge >= 0.3 is 5.97 Å². The summed E-state index contributed by atoms with van der Waals surface area (Å²) in [5, 5.41) is 0. The second-order valence-electron chi connectivity index (χ2n) is 4.92. The largest absolute Gasteiger partial charge is 0.465 e. The molecular formula is C13H22O3. The summed E-state index contributed by atoms with van der Waals surface area (Å²) in [5.74, 6) is -0.358. The van der Waals surface area contributed by atoms with E-state index in [1.54, 1.807) is 6.92 Å². The topological polar surface area (TPSA) is 43.4 Å². The van der Waals surface area contributed by atoms with Gasteiger partial charge < -0.3 is 4.74 Å². The number of esters is 1. The van der Waals surface area contributed by atoms with Gasteiger partial charge in [-0.3, -0.25) is 9.59 Å². The van der Waals surface area contributed by atoms with Crippen molar-refractivity contribution in [2.75, 3.05) is 6.61 Å². The molecular weight excluding hydrogens is 204 g/mol. The van der Waals surface area contributed by atoms with E-state index in [0.717, 1.165) is 12.8 Å². The molecule has 0 aliphatic heterocycles. The summed E-state index contributed by atoms with van der Waals surface area (Å²) >= 11 is 0. The lowest BCUT2D eigenvalue weighted by Crippen LogP contribution is -2.55. The molecule has 1 rings (SSSR count). The van der Waals surface area contributed by atoms with E-state index in [0.29, 0.717) is 19.4 Å². The van der Waals surface area contributed by atoms with Crippen molar-refractivity contribution in [3.8, 4) is 0 Å². The van der Waals surface area contributed by atoms with Crippen molar-refractivity contribution in [2.24, 2.45) is 10.8 Å². The van der Waals surface area contributed by atoms with Gasteiger partial charge in [0.05, 0.1) is 6.61 Å². The molecule has 0 spiro atoms. The van der Waals surface area contributed by atoms with Crippen LogP contribution in [-0.4, -0.2) is 18.4 Å². The Balaban J connectivity index is 2.82. The summed E-state index contributed by atoms with van der Waals surface area (Å²) in [6, 6.07) is 0. The summed E-state index contributed by atoms with van der Waals surface area (Å²) in [4.78, 5) is 23.5. The van der Waals surface area contributed by atoms with Crippen molar-refractivity contribution >= 4 is 11.8 Å². The second-order valence-corrected chi connectivity index (χ2v) is 4.92. The van der Waals surface area contributed by atoms with Gasteiger partial charge in [0, 0.05) is 0 Å². The molecule has 1 saturated carbocycles. The van der Waals surface area contributed by atoms with Crippen LogP contribution in [0.15, 0.2) is 0 Å². The van der Waals surface area contributed by atoms with Crippen LogP contribution in [-0.2, 0) is 14.3 Å². The summed E-state index contributed by atoms with van der Waals surface area (Å²) in [6.45, 7) is 7.87. The normalized spacial score (nSPS) is 21.0. The van der Waals surface area contributed by atoms with E-state index in [4.69, 9.17) is 4.74 Å². The number of Topliss-reactive ketones (excluding diaryl/α,β-unsaturated/α-hetero) is 1. The van der Waals surface area contributed by atoms with Gasteiger partial charge in [-0.2, -0.15) is 0 Å². The average Bonchev–Trinajstić information content (AvgIpc) is 2.18. The molecule has 1 aliphatic carbocycles. The van der Waals surface area contributed by atoms with E-state index in [-0.39, 0.29) is 17.2 Å². The highest BCUT2D eigenvalue weighted by Gasteiger charge is 2.60. The summed E-state index contributed by atoms with van der Waals surface area (Å²) in [5.41, 5.74) is -0.652. The molecule has 1 aliphatic rings. The zero-order chi connectivity index (χ0) is 12.4. The molecule has 0 amide bonds. The Morgan fingerprint density at radius 3 is 1.94 bits per heavy atom. The van der Waals surface area contributed by atoms with Crippen LogP contribution in [0.3, 0.4) is 0 Å². The van der Waals surface area contributed by atoms with Crippen LogP contribution in [0.4, 0.5) is 0 Å². The molecule has 3 heteroatoms. The van der Waals surface area contributed by atoms with E-state index in [9.17, 15) is 9.59 Å². The maximum Gasteiger partial charge on any atom is 0.319 e. The van der Waals surface area contributed by atoms with Crippen molar-refractivity contribution in [1.29, 1.82) is 0 Å². The summed E-state index contributed by atoms with van der Waals surface area (Å²) in [7, 11) is 0. The SMILES string of the molecule is CCOC(=O)C1(C(C)=O)CC(CC)(CC)C1. The molecule has 92 valence electrons. The first-order chi connectivity index (χ1) is 7.46. The second kappa shape index (κ2) is 4.56. The Hall–Kier alpha value is -0.860. The fraction of sp³-hybridized carbons (Fsp3) is 0.846. The maximum atomic E-state index is 11.9. The van der Waals surface area contributed by atoms with Crippen LogP contribution in [0, 0.1) is 10.8 Å². The Kier molecular flexibility index (Phi) is 3.76. The third kappa shape index (κ3) is 1.87. The van der Waals surface area contributed by atoms with Gasteiger partial charge in [-0.05, 0) is 32.1 Å². The fourth-order valence-corrected chi connectivity index (χ4v) is 2.78. The number of ether oxygens (including phenoxy) is 1. The van der Waals surface area contributed by atoms with Crippen molar-refractivity contribution in [3.63, 3.8) is 0 Å². The number of rotatable bonds is 5. The predicted octanol–water partition coefficient (Wildman–Crippen LogP) is 2.73. The van der Waals surface area contributed by atoms with Gasteiger partial charge in [-0.1, -0.05) is 26.7 Å². The van der Waals surface area contributed by atoms with Gasteiger partial charge in [0.15, 0.2) is 0 Å². The molecule has 0 aromatic heterocycles. The van der Waals surface area contributed by atoms with E-state index in [1.807, 2.05) is 0 Å². The minimum Gasteiger partial charge on any atom is -0.465 e. The lowest BCUT2D eigenvalue weighted by Gasteiger charge is -2.53. The van der Waals surface area contributed by atoms with Crippen LogP contribution >= 0.6 is 0 Å². The average molecular weight is 226 g/mol. The molecule has 0 aromatic carbocycles. The molecule has 0 saturated heterocycles. The minimum atomic E-state index is -0.831. The lowest BCUT2D eigenvalue weighted by atomic mass is 9.49.